The predicted molar refractivity (Wildman–Crippen MR) is 79.7 cm³/mol. The summed E-state index contributed by atoms with van der Waals surface area (Å²) in [5.41, 5.74) is 2.46. The van der Waals surface area contributed by atoms with E-state index < -0.39 is 5.97 Å². The quantitative estimate of drug-likeness (QED) is 0.444. The first kappa shape index (κ1) is 15.2. The maximum atomic E-state index is 11.9. The van der Waals surface area contributed by atoms with Crippen LogP contribution in [0.3, 0.4) is 0 Å². The molecule has 0 unspecified atom stereocenters. The number of benzene rings is 2. The van der Waals surface area contributed by atoms with Crippen LogP contribution in [0.1, 0.15) is 17.3 Å². The molecule has 4 nitrogen and oxygen atoms in total. The highest BCUT2D eigenvalue weighted by Gasteiger charge is 2.09. The molecule has 2 rings (SSSR count). The summed E-state index contributed by atoms with van der Waals surface area (Å²) in [6.45, 7) is 3.11. The Morgan fingerprint density at radius 1 is 0.952 bits per heavy atom. The number of ether oxygens (including phenoxy) is 1. The molecule has 21 heavy (non-hydrogen) atoms. The molecule has 110 valence electrons. The lowest BCUT2D eigenvalue weighted by molar-refractivity contribution is -0.247. The van der Waals surface area contributed by atoms with Crippen molar-refractivity contribution >= 4 is 5.97 Å². The van der Waals surface area contributed by atoms with Gasteiger partial charge in [0.05, 0.1) is 12.2 Å². The minimum atomic E-state index is -0.510. The maximum absolute atomic E-state index is 11.9. The maximum Gasteiger partial charge on any atom is 0.373 e. The molecule has 0 amide bonds. The van der Waals surface area contributed by atoms with E-state index in [0.717, 1.165) is 11.1 Å². The lowest BCUT2D eigenvalue weighted by Gasteiger charge is -2.06. The summed E-state index contributed by atoms with van der Waals surface area (Å²) in [4.78, 5) is 21.4. The van der Waals surface area contributed by atoms with Crippen LogP contribution in [0.25, 0.3) is 11.1 Å². The van der Waals surface area contributed by atoms with Gasteiger partial charge in [-0.2, -0.15) is 4.89 Å². The Hall–Kier alpha value is -2.17. The number of carbonyl (C=O) groups excluding carboxylic acids is 1. The zero-order chi connectivity index (χ0) is 14.9. The summed E-state index contributed by atoms with van der Waals surface area (Å²) < 4.78 is 5.08. The first-order valence-electron chi connectivity index (χ1n) is 6.88. The van der Waals surface area contributed by atoms with E-state index in [2.05, 4.69) is 0 Å². The van der Waals surface area contributed by atoms with Gasteiger partial charge in [-0.05, 0) is 30.2 Å². The number of carbonyl (C=O) groups is 1. The fourth-order valence-electron chi connectivity index (χ4n) is 1.84. The van der Waals surface area contributed by atoms with Gasteiger partial charge in [-0.3, -0.25) is 4.89 Å². The zero-order valence-electron chi connectivity index (χ0n) is 12.0. The highest BCUT2D eigenvalue weighted by Crippen LogP contribution is 2.20. The van der Waals surface area contributed by atoms with Gasteiger partial charge in [0.2, 0.25) is 0 Å². The lowest BCUT2D eigenvalue weighted by atomic mass is 10.0. The monoisotopic (exact) mass is 286 g/mol. The van der Waals surface area contributed by atoms with Crippen molar-refractivity contribution in [3.63, 3.8) is 0 Å². The molecular formula is C17H18O4. The standard InChI is InChI=1S/C17H18O4/c1-2-19-11-12-20-21-17(18)16-10-6-9-15(13-16)14-7-4-3-5-8-14/h3-10,13H,2,11-12H2,1H3. The molecule has 0 heterocycles. The zero-order valence-corrected chi connectivity index (χ0v) is 12.0. The Bertz CT molecular complexity index is 566. The van der Waals surface area contributed by atoms with E-state index in [-0.39, 0.29) is 6.61 Å². The first-order chi connectivity index (χ1) is 10.3. The molecule has 0 aliphatic rings. The summed E-state index contributed by atoms with van der Waals surface area (Å²) in [5.74, 6) is -0.510. The molecule has 0 aliphatic heterocycles. The lowest BCUT2D eigenvalue weighted by Crippen LogP contribution is -2.10. The molecule has 0 bridgehead atoms. The molecule has 0 radical (unpaired) electrons. The third kappa shape index (κ3) is 4.70. The van der Waals surface area contributed by atoms with Gasteiger partial charge < -0.3 is 4.74 Å². The topological polar surface area (TPSA) is 44.8 Å². The van der Waals surface area contributed by atoms with Crippen LogP contribution in [-0.2, 0) is 14.5 Å². The predicted octanol–water partition coefficient (Wildman–Crippen LogP) is 3.48. The van der Waals surface area contributed by atoms with Gasteiger partial charge in [-0.25, -0.2) is 4.79 Å². The van der Waals surface area contributed by atoms with Crippen molar-refractivity contribution in [2.45, 2.75) is 6.92 Å². The minimum absolute atomic E-state index is 0.220. The van der Waals surface area contributed by atoms with Crippen LogP contribution < -0.4 is 0 Å². The van der Waals surface area contributed by atoms with Crippen LogP contribution in [0, 0.1) is 0 Å². The van der Waals surface area contributed by atoms with Crippen molar-refractivity contribution in [1.82, 2.24) is 0 Å². The van der Waals surface area contributed by atoms with Gasteiger partial charge >= 0.3 is 5.97 Å². The molecular weight excluding hydrogens is 268 g/mol. The molecule has 0 aromatic heterocycles. The largest absolute Gasteiger partial charge is 0.379 e. The summed E-state index contributed by atoms with van der Waals surface area (Å²) >= 11 is 0. The molecule has 0 spiro atoms. The van der Waals surface area contributed by atoms with Crippen molar-refractivity contribution < 1.29 is 19.3 Å². The third-order valence-electron chi connectivity index (χ3n) is 2.86. The molecule has 0 N–H and O–H groups in total. The molecule has 0 fully saturated rings. The molecule has 0 saturated heterocycles. The Balaban J connectivity index is 1.96. The van der Waals surface area contributed by atoms with Gasteiger partial charge in [0.25, 0.3) is 0 Å². The Kier molecular flexibility index (Phi) is 5.94. The van der Waals surface area contributed by atoms with E-state index in [0.29, 0.717) is 18.8 Å². The van der Waals surface area contributed by atoms with Gasteiger partial charge in [-0.15, -0.1) is 0 Å². The van der Waals surface area contributed by atoms with Crippen LogP contribution in [0.4, 0.5) is 0 Å². The van der Waals surface area contributed by atoms with Gasteiger partial charge in [0.15, 0.2) is 0 Å². The van der Waals surface area contributed by atoms with Crippen LogP contribution in [0.5, 0.6) is 0 Å². The van der Waals surface area contributed by atoms with Gasteiger partial charge in [0, 0.05) is 6.61 Å². The normalized spacial score (nSPS) is 10.3. The second-order valence-electron chi connectivity index (χ2n) is 4.34. The molecule has 2 aromatic carbocycles. The van der Waals surface area contributed by atoms with Crippen LogP contribution in [0.2, 0.25) is 0 Å². The number of rotatable bonds is 7. The molecule has 0 saturated carbocycles. The molecule has 2 aromatic rings. The summed E-state index contributed by atoms with van der Waals surface area (Å²) in [5, 5.41) is 0. The van der Waals surface area contributed by atoms with Crippen LogP contribution in [-0.4, -0.2) is 25.8 Å². The summed E-state index contributed by atoms with van der Waals surface area (Å²) in [6.07, 6.45) is 0. The highest BCUT2D eigenvalue weighted by atomic mass is 17.2. The Morgan fingerprint density at radius 3 is 2.48 bits per heavy atom. The summed E-state index contributed by atoms with van der Waals surface area (Å²) in [6, 6.07) is 17.1. The molecule has 4 heteroatoms. The number of hydrogen-bond acceptors (Lipinski definition) is 4. The molecule has 0 aliphatic carbocycles. The van der Waals surface area contributed by atoms with E-state index in [1.54, 1.807) is 12.1 Å². The number of hydrogen-bond donors (Lipinski definition) is 0. The van der Waals surface area contributed by atoms with E-state index in [4.69, 9.17) is 14.5 Å². The van der Waals surface area contributed by atoms with Crippen molar-refractivity contribution in [2.24, 2.45) is 0 Å². The smallest absolute Gasteiger partial charge is 0.373 e. The third-order valence-corrected chi connectivity index (χ3v) is 2.86. The van der Waals surface area contributed by atoms with Crippen molar-refractivity contribution in [3.8, 4) is 11.1 Å². The Labute approximate surface area is 124 Å². The van der Waals surface area contributed by atoms with Crippen LogP contribution in [0.15, 0.2) is 54.6 Å². The minimum Gasteiger partial charge on any atom is -0.379 e. The second kappa shape index (κ2) is 8.19. The SMILES string of the molecule is CCOCCOOC(=O)c1cccc(-c2ccccc2)c1. The van der Waals surface area contributed by atoms with Crippen molar-refractivity contribution in [3.05, 3.63) is 60.2 Å². The average Bonchev–Trinajstić information content (AvgIpc) is 2.55. The Morgan fingerprint density at radius 2 is 1.71 bits per heavy atom. The fourth-order valence-corrected chi connectivity index (χ4v) is 1.84. The van der Waals surface area contributed by atoms with Crippen molar-refractivity contribution in [2.75, 3.05) is 19.8 Å². The fraction of sp³-hybridized carbons (Fsp3) is 0.235. The highest BCUT2D eigenvalue weighted by molar-refractivity contribution is 5.90. The second-order valence-corrected chi connectivity index (χ2v) is 4.34. The average molecular weight is 286 g/mol. The van der Waals surface area contributed by atoms with E-state index in [1.807, 2.05) is 49.4 Å². The van der Waals surface area contributed by atoms with Gasteiger partial charge in [-0.1, -0.05) is 42.5 Å². The first-order valence-corrected chi connectivity index (χ1v) is 6.88. The van der Waals surface area contributed by atoms with E-state index in [9.17, 15) is 4.79 Å². The molecule has 0 atom stereocenters. The van der Waals surface area contributed by atoms with Crippen molar-refractivity contribution in [1.29, 1.82) is 0 Å². The van der Waals surface area contributed by atoms with E-state index in [1.165, 1.54) is 0 Å². The van der Waals surface area contributed by atoms with Crippen LogP contribution >= 0.6 is 0 Å². The summed E-state index contributed by atoms with van der Waals surface area (Å²) in [7, 11) is 0. The van der Waals surface area contributed by atoms with Gasteiger partial charge in [0.1, 0.15) is 6.61 Å². The van der Waals surface area contributed by atoms with E-state index >= 15 is 0 Å².